The predicted molar refractivity (Wildman–Crippen MR) is 63.3 cm³/mol. The Labute approximate surface area is 102 Å². The molecule has 1 aliphatic carbocycles. The minimum Gasteiger partial charge on any atom is -0.464 e. The Kier molecular flexibility index (Phi) is 4.02. The summed E-state index contributed by atoms with van der Waals surface area (Å²) in [7, 11) is 0. The molecule has 1 atom stereocenters. The highest BCUT2D eigenvalue weighted by atomic mass is 16.5. The molecular weight excluding hydrogens is 218 g/mol. The molecule has 96 valence electrons. The minimum atomic E-state index is -0.317. The van der Waals surface area contributed by atoms with E-state index < -0.39 is 0 Å². The Morgan fingerprint density at radius 2 is 1.88 bits per heavy atom. The maximum Gasteiger partial charge on any atom is 0.328 e. The normalized spacial score (nSPS) is 25.2. The lowest BCUT2D eigenvalue weighted by molar-refractivity contribution is -0.154. The Balaban J connectivity index is 1.98. The van der Waals surface area contributed by atoms with Gasteiger partial charge in [-0.15, -0.1) is 0 Å². The van der Waals surface area contributed by atoms with Gasteiger partial charge in [-0.1, -0.05) is 12.8 Å². The van der Waals surface area contributed by atoms with Crippen molar-refractivity contribution in [2.75, 3.05) is 13.2 Å². The number of ether oxygens (including phenoxy) is 1. The van der Waals surface area contributed by atoms with Gasteiger partial charge in [-0.3, -0.25) is 4.79 Å². The van der Waals surface area contributed by atoms with Gasteiger partial charge in [0.2, 0.25) is 5.91 Å². The molecule has 0 spiro atoms. The van der Waals surface area contributed by atoms with E-state index in [4.69, 9.17) is 4.74 Å². The monoisotopic (exact) mass is 239 g/mol. The van der Waals surface area contributed by atoms with Gasteiger partial charge >= 0.3 is 5.97 Å². The number of rotatable bonds is 3. The number of nitrogens with zero attached hydrogens (tertiary/aromatic N) is 1. The fourth-order valence-corrected chi connectivity index (χ4v) is 2.92. The zero-order valence-electron chi connectivity index (χ0n) is 10.5. The van der Waals surface area contributed by atoms with Gasteiger partial charge in [0.15, 0.2) is 0 Å². The van der Waals surface area contributed by atoms with Crippen LogP contribution in [0.1, 0.15) is 45.4 Å². The van der Waals surface area contributed by atoms with Crippen LogP contribution in [0.5, 0.6) is 0 Å². The third-order valence-electron chi connectivity index (χ3n) is 3.80. The molecule has 1 heterocycles. The first-order chi connectivity index (χ1) is 8.24. The molecule has 0 aromatic rings. The first-order valence-electron chi connectivity index (χ1n) is 6.71. The van der Waals surface area contributed by atoms with Crippen LogP contribution < -0.4 is 0 Å². The van der Waals surface area contributed by atoms with E-state index in [1.807, 2.05) is 0 Å². The zero-order chi connectivity index (χ0) is 12.3. The molecule has 0 aromatic heterocycles. The number of hydrogen-bond donors (Lipinski definition) is 0. The van der Waals surface area contributed by atoms with Crippen LogP contribution in [0.3, 0.4) is 0 Å². The molecular formula is C13H21NO3. The fraction of sp³-hybridized carbons (Fsp3) is 0.846. The highest BCUT2D eigenvalue weighted by Gasteiger charge is 2.38. The first-order valence-corrected chi connectivity index (χ1v) is 6.71. The highest BCUT2D eigenvalue weighted by molar-refractivity contribution is 5.86. The van der Waals surface area contributed by atoms with E-state index >= 15 is 0 Å². The molecule has 4 heteroatoms. The molecule has 0 N–H and O–H groups in total. The largest absolute Gasteiger partial charge is 0.464 e. The van der Waals surface area contributed by atoms with Gasteiger partial charge in [-0.05, 0) is 32.6 Å². The van der Waals surface area contributed by atoms with E-state index in [1.54, 1.807) is 11.8 Å². The molecule has 1 saturated heterocycles. The van der Waals surface area contributed by atoms with E-state index in [-0.39, 0.29) is 23.8 Å². The topological polar surface area (TPSA) is 46.6 Å². The van der Waals surface area contributed by atoms with E-state index in [0.717, 1.165) is 45.1 Å². The fourth-order valence-electron chi connectivity index (χ4n) is 2.92. The van der Waals surface area contributed by atoms with E-state index in [2.05, 4.69) is 0 Å². The molecule has 0 aromatic carbocycles. The van der Waals surface area contributed by atoms with Gasteiger partial charge < -0.3 is 9.64 Å². The molecule has 1 unspecified atom stereocenters. The predicted octanol–water partition coefficient (Wildman–Crippen LogP) is 1.73. The van der Waals surface area contributed by atoms with Crippen molar-refractivity contribution in [3.05, 3.63) is 0 Å². The van der Waals surface area contributed by atoms with Crippen molar-refractivity contribution in [1.82, 2.24) is 4.90 Å². The first kappa shape index (κ1) is 12.4. The summed E-state index contributed by atoms with van der Waals surface area (Å²) in [4.78, 5) is 25.8. The Hall–Kier alpha value is -1.06. The summed E-state index contributed by atoms with van der Waals surface area (Å²) in [5.41, 5.74) is 0. The maximum absolute atomic E-state index is 12.3. The van der Waals surface area contributed by atoms with Gasteiger partial charge in [0.25, 0.3) is 0 Å². The lowest BCUT2D eigenvalue weighted by Gasteiger charge is -2.25. The number of esters is 1. The molecule has 2 rings (SSSR count). The lowest BCUT2D eigenvalue weighted by atomic mass is 10.1. The Bertz CT molecular complexity index is 297. The van der Waals surface area contributed by atoms with Crippen LogP contribution in [0, 0.1) is 5.92 Å². The zero-order valence-corrected chi connectivity index (χ0v) is 10.5. The minimum absolute atomic E-state index is 0.157. The molecule has 2 aliphatic rings. The summed E-state index contributed by atoms with van der Waals surface area (Å²) in [6.07, 6.45) is 5.96. The van der Waals surface area contributed by atoms with Crippen molar-refractivity contribution in [2.24, 2.45) is 5.92 Å². The quantitative estimate of drug-likeness (QED) is 0.705. The second-order valence-electron chi connectivity index (χ2n) is 4.92. The van der Waals surface area contributed by atoms with Gasteiger partial charge in [-0.2, -0.15) is 0 Å². The van der Waals surface area contributed by atoms with Crippen molar-refractivity contribution in [3.63, 3.8) is 0 Å². The summed E-state index contributed by atoms with van der Waals surface area (Å²) in [5.74, 6) is 0.111. The smallest absolute Gasteiger partial charge is 0.328 e. The van der Waals surface area contributed by atoms with Gasteiger partial charge in [0.05, 0.1) is 6.61 Å². The molecule has 0 bridgehead atoms. The van der Waals surface area contributed by atoms with Gasteiger partial charge in [0.1, 0.15) is 6.04 Å². The average molecular weight is 239 g/mol. The third kappa shape index (κ3) is 2.61. The van der Waals surface area contributed by atoms with Crippen LogP contribution in [-0.2, 0) is 14.3 Å². The summed E-state index contributed by atoms with van der Waals surface area (Å²) < 4.78 is 5.04. The van der Waals surface area contributed by atoms with Crippen molar-refractivity contribution >= 4 is 11.9 Å². The number of hydrogen-bond acceptors (Lipinski definition) is 3. The SMILES string of the molecule is CCOC(=O)C1CCCN1C(=O)C1CCCC1. The van der Waals surface area contributed by atoms with E-state index in [0.29, 0.717) is 6.61 Å². The summed E-state index contributed by atoms with van der Waals surface area (Å²) in [6, 6.07) is -0.317. The van der Waals surface area contributed by atoms with Crippen LogP contribution >= 0.6 is 0 Å². The van der Waals surface area contributed by atoms with Crippen molar-refractivity contribution < 1.29 is 14.3 Å². The number of carbonyl (C=O) groups is 2. The summed E-state index contributed by atoms with van der Waals surface area (Å²) >= 11 is 0. The van der Waals surface area contributed by atoms with E-state index in [1.165, 1.54) is 0 Å². The number of carbonyl (C=O) groups excluding carboxylic acids is 2. The summed E-state index contributed by atoms with van der Waals surface area (Å²) in [5, 5.41) is 0. The van der Waals surface area contributed by atoms with Crippen LogP contribution in [0.15, 0.2) is 0 Å². The average Bonchev–Trinajstić information content (AvgIpc) is 3.00. The molecule has 1 aliphatic heterocycles. The van der Waals surface area contributed by atoms with Crippen molar-refractivity contribution in [2.45, 2.75) is 51.5 Å². The number of amides is 1. The van der Waals surface area contributed by atoms with Crippen LogP contribution in [0.25, 0.3) is 0 Å². The lowest BCUT2D eigenvalue weighted by Crippen LogP contribution is -2.43. The second kappa shape index (κ2) is 5.52. The van der Waals surface area contributed by atoms with Crippen LogP contribution in [0.2, 0.25) is 0 Å². The van der Waals surface area contributed by atoms with Gasteiger partial charge in [0, 0.05) is 12.5 Å². The Morgan fingerprint density at radius 3 is 2.53 bits per heavy atom. The van der Waals surface area contributed by atoms with Gasteiger partial charge in [-0.25, -0.2) is 4.79 Å². The van der Waals surface area contributed by atoms with Crippen molar-refractivity contribution in [1.29, 1.82) is 0 Å². The molecule has 0 radical (unpaired) electrons. The summed E-state index contributed by atoms with van der Waals surface area (Å²) in [6.45, 7) is 2.91. The molecule has 17 heavy (non-hydrogen) atoms. The second-order valence-corrected chi connectivity index (χ2v) is 4.92. The number of likely N-dealkylation sites (tertiary alicyclic amines) is 1. The van der Waals surface area contributed by atoms with Crippen LogP contribution in [0.4, 0.5) is 0 Å². The third-order valence-corrected chi connectivity index (χ3v) is 3.80. The molecule has 4 nitrogen and oxygen atoms in total. The maximum atomic E-state index is 12.3. The van der Waals surface area contributed by atoms with E-state index in [9.17, 15) is 9.59 Å². The van der Waals surface area contributed by atoms with Crippen LogP contribution in [-0.4, -0.2) is 36.0 Å². The standard InChI is InChI=1S/C13H21NO3/c1-2-17-13(16)11-8-5-9-14(11)12(15)10-6-3-4-7-10/h10-11H,2-9H2,1H3. The molecule has 2 fully saturated rings. The molecule has 1 amide bonds. The highest BCUT2D eigenvalue weighted by Crippen LogP contribution is 2.29. The molecule has 1 saturated carbocycles. The Morgan fingerprint density at radius 1 is 1.18 bits per heavy atom. The van der Waals surface area contributed by atoms with Crippen molar-refractivity contribution in [3.8, 4) is 0 Å².